The van der Waals surface area contributed by atoms with Gasteiger partial charge in [0.25, 0.3) is 0 Å². The van der Waals surface area contributed by atoms with E-state index in [4.69, 9.17) is 4.52 Å². The molecule has 0 spiro atoms. The number of hydrogen-bond donors (Lipinski definition) is 0. The monoisotopic (exact) mass is 800 g/mol. The SMILES string of the molecule is Cc1ccc2cc(-c3nnc(CCCC=O)n3C)ccc2n1.Cc1ccc2cc(-c3nnc(CCCCN4CCc5ccc(-c6cc(C)on6)cc5CC4)n3C)ccc2n1. The molecule has 0 N–H and O–H groups in total. The summed E-state index contributed by atoms with van der Waals surface area (Å²) in [6.45, 7) is 9.27. The number of aryl methyl sites for hydroxylation is 5. The minimum Gasteiger partial charge on any atom is -0.361 e. The Hall–Kier alpha value is -6.40. The van der Waals surface area contributed by atoms with E-state index in [-0.39, 0.29) is 0 Å². The summed E-state index contributed by atoms with van der Waals surface area (Å²) >= 11 is 0. The second-order valence-corrected chi connectivity index (χ2v) is 15.9. The molecular weight excluding hydrogens is 749 g/mol. The summed E-state index contributed by atoms with van der Waals surface area (Å²) in [7, 11) is 4.03. The number of aldehydes is 1. The molecule has 1 aliphatic heterocycles. The summed E-state index contributed by atoms with van der Waals surface area (Å²) < 4.78 is 9.40. The zero-order valence-corrected chi connectivity index (χ0v) is 35.2. The Kier molecular flexibility index (Phi) is 12.3. The van der Waals surface area contributed by atoms with Crippen LogP contribution in [0.1, 0.15) is 65.6 Å². The number of benzene rings is 3. The molecule has 12 nitrogen and oxygen atoms in total. The second kappa shape index (κ2) is 18.3. The number of pyridine rings is 2. The van der Waals surface area contributed by atoms with Gasteiger partial charge in [-0.15, -0.1) is 20.4 Å². The van der Waals surface area contributed by atoms with Crippen molar-refractivity contribution in [2.45, 2.75) is 72.1 Å². The van der Waals surface area contributed by atoms with Gasteiger partial charge in [0.15, 0.2) is 11.6 Å². The average molecular weight is 801 g/mol. The van der Waals surface area contributed by atoms with Crippen LogP contribution in [0, 0.1) is 20.8 Å². The van der Waals surface area contributed by atoms with Crippen molar-refractivity contribution in [3.05, 3.63) is 125 Å². The van der Waals surface area contributed by atoms with Crippen LogP contribution >= 0.6 is 0 Å². The lowest BCUT2D eigenvalue weighted by molar-refractivity contribution is -0.107. The van der Waals surface area contributed by atoms with E-state index in [0.29, 0.717) is 6.42 Å². The summed E-state index contributed by atoms with van der Waals surface area (Å²) in [4.78, 5) is 22.1. The molecule has 0 unspecified atom stereocenters. The molecule has 306 valence electrons. The standard InChI is InChI=1S/C31H34N6O.C17H18N4O/c1-21-7-8-25-20-27(11-12-28(25)32-21)31-34-33-30(36(31)3)6-4-5-15-37-16-13-23-9-10-26(19-24(23)14-17-37)29-18-22(2)38-35-29;1-12-6-7-13-11-14(8-9-15(13)18-12)17-20-19-16(21(17)2)5-3-4-10-22/h7-12,18-20H,4-6,13-17H2,1-3H3;6-11H,3-5H2,1-2H3. The average Bonchev–Trinajstić information content (AvgIpc) is 3.93. The number of unbranched alkanes of at least 4 members (excludes halogenated alkanes) is 2. The van der Waals surface area contributed by atoms with E-state index in [0.717, 1.165) is 156 Å². The lowest BCUT2D eigenvalue weighted by Gasteiger charge is -2.19. The molecule has 0 saturated carbocycles. The van der Waals surface area contributed by atoms with Gasteiger partial charge < -0.3 is 23.4 Å². The lowest BCUT2D eigenvalue weighted by Crippen LogP contribution is -2.27. The zero-order valence-electron chi connectivity index (χ0n) is 35.2. The first kappa shape index (κ1) is 40.4. The molecule has 12 heteroatoms. The largest absolute Gasteiger partial charge is 0.361 e. The first-order valence-corrected chi connectivity index (χ1v) is 21.0. The minimum absolute atomic E-state index is 0.559. The van der Waals surface area contributed by atoms with Crippen molar-refractivity contribution < 1.29 is 9.32 Å². The van der Waals surface area contributed by atoms with Crippen molar-refractivity contribution in [1.82, 2.24) is 49.6 Å². The molecular formula is C48H52N10O2. The summed E-state index contributed by atoms with van der Waals surface area (Å²) in [5, 5.41) is 24.0. The summed E-state index contributed by atoms with van der Waals surface area (Å²) in [6, 6.07) is 29.4. The van der Waals surface area contributed by atoms with Crippen LogP contribution in [0.25, 0.3) is 55.8 Å². The summed E-state index contributed by atoms with van der Waals surface area (Å²) in [6.07, 6.45) is 8.43. The molecule has 5 aromatic heterocycles. The van der Waals surface area contributed by atoms with Crippen LogP contribution in [0.5, 0.6) is 0 Å². The van der Waals surface area contributed by atoms with Gasteiger partial charge in [-0.3, -0.25) is 9.97 Å². The number of rotatable bonds is 12. The highest BCUT2D eigenvalue weighted by molar-refractivity contribution is 5.84. The maximum atomic E-state index is 10.4. The number of carbonyl (C=O) groups excluding carboxylic acids is 1. The molecule has 60 heavy (non-hydrogen) atoms. The molecule has 6 heterocycles. The Morgan fingerprint density at radius 1 is 0.617 bits per heavy atom. The van der Waals surface area contributed by atoms with Crippen molar-refractivity contribution in [2.75, 3.05) is 19.6 Å². The van der Waals surface area contributed by atoms with Crippen molar-refractivity contribution >= 4 is 28.1 Å². The molecule has 1 aliphatic rings. The van der Waals surface area contributed by atoms with Crippen LogP contribution in [0.3, 0.4) is 0 Å². The van der Waals surface area contributed by atoms with Crippen LogP contribution in [-0.4, -0.2) is 75.5 Å². The minimum atomic E-state index is 0.559. The Morgan fingerprint density at radius 3 is 1.78 bits per heavy atom. The van der Waals surface area contributed by atoms with Crippen LogP contribution < -0.4 is 0 Å². The topological polar surface area (TPSA) is 134 Å². The number of nitrogens with zero attached hydrogens (tertiary/aromatic N) is 10. The highest BCUT2D eigenvalue weighted by Crippen LogP contribution is 2.27. The van der Waals surface area contributed by atoms with Crippen molar-refractivity contribution in [3.63, 3.8) is 0 Å². The quantitative estimate of drug-likeness (QED) is 0.0874. The number of carbonyl (C=O) groups is 1. The molecule has 0 amide bonds. The van der Waals surface area contributed by atoms with Crippen molar-refractivity contribution in [2.24, 2.45) is 14.1 Å². The fourth-order valence-corrected chi connectivity index (χ4v) is 8.01. The molecule has 0 bridgehead atoms. The van der Waals surface area contributed by atoms with Gasteiger partial charge >= 0.3 is 0 Å². The maximum Gasteiger partial charge on any atom is 0.163 e. The first-order valence-electron chi connectivity index (χ1n) is 21.0. The van der Waals surface area contributed by atoms with Gasteiger partial charge in [-0.25, -0.2) is 0 Å². The second-order valence-electron chi connectivity index (χ2n) is 15.9. The fourth-order valence-electron chi connectivity index (χ4n) is 8.01. The predicted molar refractivity (Wildman–Crippen MR) is 235 cm³/mol. The van der Waals surface area contributed by atoms with E-state index in [1.807, 2.05) is 62.7 Å². The van der Waals surface area contributed by atoms with Crippen molar-refractivity contribution in [3.8, 4) is 34.0 Å². The van der Waals surface area contributed by atoms with E-state index in [1.165, 1.54) is 11.1 Å². The van der Waals surface area contributed by atoms with Gasteiger partial charge in [0.1, 0.15) is 29.4 Å². The van der Waals surface area contributed by atoms with E-state index in [9.17, 15) is 4.79 Å². The molecule has 0 aliphatic carbocycles. The van der Waals surface area contributed by atoms with Gasteiger partial charge in [0, 0.05) is 91.4 Å². The molecule has 0 atom stereocenters. The van der Waals surface area contributed by atoms with Crippen LogP contribution in [-0.2, 0) is 44.6 Å². The third-order valence-corrected chi connectivity index (χ3v) is 11.5. The lowest BCUT2D eigenvalue weighted by atomic mass is 9.99. The first-order chi connectivity index (χ1) is 29.2. The van der Waals surface area contributed by atoms with Crippen LogP contribution in [0.4, 0.5) is 0 Å². The van der Waals surface area contributed by atoms with E-state index in [2.05, 4.69) is 107 Å². The molecule has 9 rings (SSSR count). The Balaban J connectivity index is 0.000000193. The number of fused-ring (bicyclic) bond motifs is 3. The molecule has 0 fully saturated rings. The van der Waals surface area contributed by atoms with E-state index >= 15 is 0 Å². The number of hydrogen-bond acceptors (Lipinski definition) is 10. The molecule has 3 aromatic carbocycles. The van der Waals surface area contributed by atoms with E-state index in [1.54, 1.807) is 0 Å². The smallest absolute Gasteiger partial charge is 0.163 e. The third kappa shape index (κ3) is 9.24. The Labute approximate surface area is 350 Å². The number of aromatic nitrogens is 9. The van der Waals surface area contributed by atoms with Gasteiger partial charge in [0.2, 0.25) is 0 Å². The normalized spacial score (nSPS) is 12.9. The predicted octanol–water partition coefficient (Wildman–Crippen LogP) is 8.59. The highest BCUT2D eigenvalue weighted by atomic mass is 16.5. The van der Waals surface area contributed by atoms with Crippen LogP contribution in [0.2, 0.25) is 0 Å². The Bertz CT molecular complexity index is 2760. The van der Waals surface area contributed by atoms with Crippen LogP contribution in [0.15, 0.2) is 89.5 Å². The van der Waals surface area contributed by atoms with Gasteiger partial charge in [-0.05, 0) is 125 Å². The van der Waals surface area contributed by atoms with Crippen molar-refractivity contribution in [1.29, 1.82) is 0 Å². The zero-order chi connectivity index (χ0) is 41.6. The molecule has 0 radical (unpaired) electrons. The highest BCUT2D eigenvalue weighted by Gasteiger charge is 2.17. The fraction of sp³-hybridized carbons (Fsp3) is 0.333. The Morgan fingerprint density at radius 2 is 1.20 bits per heavy atom. The van der Waals surface area contributed by atoms with Gasteiger partial charge in [-0.2, -0.15) is 0 Å². The van der Waals surface area contributed by atoms with E-state index < -0.39 is 0 Å². The molecule has 8 aromatic rings. The summed E-state index contributed by atoms with van der Waals surface area (Å²) in [5.74, 6) is 4.54. The summed E-state index contributed by atoms with van der Waals surface area (Å²) in [5.41, 5.74) is 11.1. The maximum absolute atomic E-state index is 10.4. The van der Waals surface area contributed by atoms with Gasteiger partial charge in [0.05, 0.1) is 11.0 Å². The third-order valence-electron chi connectivity index (χ3n) is 11.5. The molecule has 0 saturated heterocycles. The van der Waals surface area contributed by atoms with Gasteiger partial charge in [-0.1, -0.05) is 29.4 Å².